The number of rotatable bonds is 7. The van der Waals surface area contributed by atoms with Gasteiger partial charge in [-0.15, -0.1) is 24.0 Å². The molecule has 0 saturated heterocycles. The van der Waals surface area contributed by atoms with Crippen LogP contribution in [-0.2, 0) is 13.0 Å². The van der Waals surface area contributed by atoms with Crippen molar-refractivity contribution in [2.45, 2.75) is 19.9 Å². The highest BCUT2D eigenvalue weighted by atomic mass is 127. The number of aliphatic imine (C=N–C) groups is 1. The highest BCUT2D eigenvalue weighted by Crippen LogP contribution is 2.12. The molecule has 2 aromatic rings. The van der Waals surface area contributed by atoms with E-state index in [9.17, 15) is 0 Å². The first-order chi connectivity index (χ1) is 11.2. The monoisotopic (exact) mass is 458 g/mol. The zero-order valence-corrected chi connectivity index (χ0v) is 17.7. The lowest BCUT2D eigenvalue weighted by atomic mass is 10.1. The van der Waals surface area contributed by atoms with Gasteiger partial charge >= 0.3 is 0 Å². The summed E-state index contributed by atoms with van der Waals surface area (Å²) in [6, 6.07) is 10.8. The standard InChI is InChI=1S/C18H26N4S.HI/c1-4-19-18(21-13-16-10-12-23-14-16)20-11-9-15-5-7-17(8-6-15)22(2)3;/h5-8,10,12,14H,4,9,11,13H2,1-3H3,(H2,19,20,21);1H. The van der Waals surface area contributed by atoms with Gasteiger partial charge in [-0.25, -0.2) is 4.99 Å². The molecule has 0 spiro atoms. The van der Waals surface area contributed by atoms with Gasteiger partial charge in [0.2, 0.25) is 0 Å². The predicted molar refractivity (Wildman–Crippen MR) is 117 cm³/mol. The molecule has 24 heavy (non-hydrogen) atoms. The second-order valence-electron chi connectivity index (χ2n) is 5.56. The van der Waals surface area contributed by atoms with Crippen LogP contribution in [0.5, 0.6) is 0 Å². The number of nitrogens with one attached hydrogen (secondary N) is 2. The quantitative estimate of drug-likeness (QED) is 0.378. The van der Waals surface area contributed by atoms with Crippen molar-refractivity contribution in [1.29, 1.82) is 0 Å². The molecule has 6 heteroatoms. The number of hydrogen-bond acceptors (Lipinski definition) is 3. The van der Waals surface area contributed by atoms with E-state index in [1.54, 1.807) is 11.3 Å². The summed E-state index contributed by atoms with van der Waals surface area (Å²) >= 11 is 1.71. The molecule has 0 saturated carbocycles. The highest BCUT2D eigenvalue weighted by molar-refractivity contribution is 14.0. The number of halogens is 1. The maximum atomic E-state index is 4.62. The zero-order valence-electron chi connectivity index (χ0n) is 14.6. The number of benzene rings is 1. The SMILES string of the molecule is CCNC(=NCc1ccsc1)NCCc1ccc(N(C)C)cc1.I. The van der Waals surface area contributed by atoms with Crippen molar-refractivity contribution in [2.75, 3.05) is 32.1 Å². The first kappa shape index (κ1) is 20.8. The minimum atomic E-state index is 0. The van der Waals surface area contributed by atoms with Gasteiger partial charge in [-0.05, 0) is 53.4 Å². The summed E-state index contributed by atoms with van der Waals surface area (Å²) in [6.45, 7) is 4.54. The van der Waals surface area contributed by atoms with Crippen LogP contribution >= 0.6 is 35.3 Å². The van der Waals surface area contributed by atoms with Gasteiger partial charge < -0.3 is 15.5 Å². The van der Waals surface area contributed by atoms with Crippen LogP contribution in [0.15, 0.2) is 46.1 Å². The fraction of sp³-hybridized carbons (Fsp3) is 0.389. The molecule has 4 nitrogen and oxygen atoms in total. The van der Waals surface area contributed by atoms with Crippen molar-refractivity contribution in [3.8, 4) is 0 Å². The van der Waals surface area contributed by atoms with Gasteiger partial charge in [0, 0.05) is 32.9 Å². The predicted octanol–water partition coefficient (Wildman–Crippen LogP) is 3.73. The number of hydrogen-bond donors (Lipinski definition) is 2. The largest absolute Gasteiger partial charge is 0.378 e. The molecule has 1 heterocycles. The van der Waals surface area contributed by atoms with Crippen LogP contribution in [0.2, 0.25) is 0 Å². The van der Waals surface area contributed by atoms with Crippen molar-refractivity contribution < 1.29 is 0 Å². The Kier molecular flexibility index (Phi) is 9.78. The van der Waals surface area contributed by atoms with E-state index < -0.39 is 0 Å². The van der Waals surface area contributed by atoms with E-state index in [-0.39, 0.29) is 24.0 Å². The molecule has 0 unspecified atom stereocenters. The molecule has 0 aliphatic heterocycles. The summed E-state index contributed by atoms with van der Waals surface area (Å²) in [5.41, 5.74) is 3.82. The van der Waals surface area contributed by atoms with Crippen molar-refractivity contribution in [2.24, 2.45) is 4.99 Å². The van der Waals surface area contributed by atoms with E-state index in [0.29, 0.717) is 0 Å². The summed E-state index contributed by atoms with van der Waals surface area (Å²) in [6.07, 6.45) is 0.983. The average molecular weight is 458 g/mol. The first-order valence-electron chi connectivity index (χ1n) is 7.98. The van der Waals surface area contributed by atoms with Gasteiger partial charge in [0.15, 0.2) is 5.96 Å². The number of nitrogens with zero attached hydrogens (tertiary/aromatic N) is 2. The smallest absolute Gasteiger partial charge is 0.191 e. The van der Waals surface area contributed by atoms with Crippen LogP contribution in [0.4, 0.5) is 5.69 Å². The zero-order chi connectivity index (χ0) is 16.5. The molecule has 2 rings (SSSR count). The topological polar surface area (TPSA) is 39.7 Å². The molecule has 0 fully saturated rings. The Hall–Kier alpha value is -1.28. The second-order valence-corrected chi connectivity index (χ2v) is 6.34. The normalized spacial score (nSPS) is 10.9. The van der Waals surface area contributed by atoms with Crippen LogP contribution in [0.3, 0.4) is 0 Å². The minimum Gasteiger partial charge on any atom is -0.378 e. The molecule has 0 radical (unpaired) electrons. The van der Waals surface area contributed by atoms with Crippen molar-refractivity contribution in [1.82, 2.24) is 10.6 Å². The molecule has 0 aliphatic rings. The molecule has 0 amide bonds. The van der Waals surface area contributed by atoms with Gasteiger partial charge in [0.1, 0.15) is 0 Å². The molecular formula is C18H27IN4S. The summed E-state index contributed by atoms with van der Waals surface area (Å²) < 4.78 is 0. The molecular weight excluding hydrogens is 431 g/mol. The molecule has 1 aromatic carbocycles. The summed E-state index contributed by atoms with van der Waals surface area (Å²) in [4.78, 5) is 6.73. The summed E-state index contributed by atoms with van der Waals surface area (Å²) in [5.74, 6) is 0.878. The van der Waals surface area contributed by atoms with Crippen LogP contribution in [-0.4, -0.2) is 33.1 Å². The molecule has 0 bridgehead atoms. The Morgan fingerprint density at radius 3 is 2.42 bits per heavy atom. The average Bonchev–Trinajstić information content (AvgIpc) is 3.06. The third-order valence-electron chi connectivity index (χ3n) is 3.50. The first-order valence-corrected chi connectivity index (χ1v) is 8.93. The molecule has 2 N–H and O–H groups in total. The van der Waals surface area contributed by atoms with E-state index >= 15 is 0 Å². The van der Waals surface area contributed by atoms with Crippen LogP contribution in [0, 0.1) is 0 Å². The fourth-order valence-corrected chi connectivity index (χ4v) is 2.84. The second kappa shape index (κ2) is 11.3. The minimum absolute atomic E-state index is 0. The van der Waals surface area contributed by atoms with Crippen LogP contribution < -0.4 is 15.5 Å². The van der Waals surface area contributed by atoms with Gasteiger partial charge in [-0.1, -0.05) is 12.1 Å². The lowest BCUT2D eigenvalue weighted by Gasteiger charge is -2.13. The molecule has 0 atom stereocenters. The maximum absolute atomic E-state index is 4.62. The Bertz CT molecular complexity index is 594. The molecule has 132 valence electrons. The Morgan fingerprint density at radius 1 is 1.08 bits per heavy atom. The third-order valence-corrected chi connectivity index (χ3v) is 4.23. The van der Waals surface area contributed by atoms with Gasteiger partial charge in [-0.2, -0.15) is 11.3 Å². The number of anilines is 1. The van der Waals surface area contributed by atoms with E-state index in [2.05, 4.69) is 82.6 Å². The van der Waals surface area contributed by atoms with Gasteiger partial charge in [-0.3, -0.25) is 0 Å². The van der Waals surface area contributed by atoms with E-state index in [1.807, 2.05) is 0 Å². The Balaban J connectivity index is 0.00000288. The number of guanidine groups is 1. The number of thiophene rings is 1. The van der Waals surface area contributed by atoms with Crippen molar-refractivity contribution in [3.63, 3.8) is 0 Å². The van der Waals surface area contributed by atoms with Crippen LogP contribution in [0.25, 0.3) is 0 Å². The lowest BCUT2D eigenvalue weighted by Crippen LogP contribution is -2.38. The van der Waals surface area contributed by atoms with Gasteiger partial charge in [0.25, 0.3) is 0 Å². The van der Waals surface area contributed by atoms with Crippen molar-refractivity contribution >= 4 is 47.0 Å². The van der Waals surface area contributed by atoms with E-state index in [0.717, 1.165) is 32.0 Å². The van der Waals surface area contributed by atoms with Crippen molar-refractivity contribution in [3.05, 3.63) is 52.2 Å². The molecule has 0 aliphatic carbocycles. The summed E-state index contributed by atoms with van der Waals surface area (Å²) in [5, 5.41) is 10.9. The van der Waals surface area contributed by atoms with E-state index in [1.165, 1.54) is 16.8 Å². The Labute approximate surface area is 166 Å². The van der Waals surface area contributed by atoms with Crippen LogP contribution in [0.1, 0.15) is 18.1 Å². The fourth-order valence-electron chi connectivity index (χ4n) is 2.18. The summed E-state index contributed by atoms with van der Waals surface area (Å²) in [7, 11) is 4.12. The lowest BCUT2D eigenvalue weighted by molar-refractivity contribution is 0.800. The Morgan fingerprint density at radius 2 is 1.83 bits per heavy atom. The van der Waals surface area contributed by atoms with E-state index in [4.69, 9.17) is 0 Å². The molecule has 1 aromatic heterocycles. The van der Waals surface area contributed by atoms with Gasteiger partial charge in [0.05, 0.1) is 6.54 Å². The third kappa shape index (κ3) is 7.09. The highest BCUT2D eigenvalue weighted by Gasteiger charge is 2.00. The maximum Gasteiger partial charge on any atom is 0.191 e.